The smallest absolute Gasteiger partial charge is 0.387 e. The number of nitrogens with zero attached hydrogens (tertiary/aromatic N) is 2. The average molecular weight is 474 g/mol. The van der Waals surface area contributed by atoms with Gasteiger partial charge in [-0.3, -0.25) is 14.5 Å². The SMILES string of the molecule is CC1(c2ccc(OC(F)F)cc2)NC(=O)N(CC(=O)Nc2ccc(N3CCOCC3)cc2)C1=O. The number of nitrogens with one attached hydrogen (secondary N) is 2. The number of ether oxygens (including phenoxy) is 2. The number of halogens is 2. The number of hydrogen-bond donors (Lipinski definition) is 2. The highest BCUT2D eigenvalue weighted by molar-refractivity contribution is 6.10. The number of carbonyl (C=O) groups excluding carboxylic acids is 3. The Kier molecular flexibility index (Phi) is 6.64. The summed E-state index contributed by atoms with van der Waals surface area (Å²) in [6.07, 6.45) is 0. The number of alkyl halides is 2. The van der Waals surface area contributed by atoms with Crippen molar-refractivity contribution in [1.82, 2.24) is 10.2 Å². The summed E-state index contributed by atoms with van der Waals surface area (Å²) in [6.45, 7) is 0.945. The lowest BCUT2D eigenvalue weighted by Crippen LogP contribution is -2.42. The molecule has 2 heterocycles. The second kappa shape index (κ2) is 9.64. The summed E-state index contributed by atoms with van der Waals surface area (Å²) >= 11 is 0. The quantitative estimate of drug-likeness (QED) is 0.599. The van der Waals surface area contributed by atoms with Gasteiger partial charge >= 0.3 is 12.6 Å². The maximum absolute atomic E-state index is 13.0. The van der Waals surface area contributed by atoms with Crippen LogP contribution in [0.3, 0.4) is 0 Å². The molecule has 1 atom stereocenters. The van der Waals surface area contributed by atoms with Gasteiger partial charge in [0.2, 0.25) is 5.91 Å². The number of urea groups is 1. The number of hydrogen-bond acceptors (Lipinski definition) is 6. The Morgan fingerprint density at radius 1 is 1.12 bits per heavy atom. The highest BCUT2D eigenvalue weighted by atomic mass is 19.3. The fourth-order valence-corrected chi connectivity index (χ4v) is 3.93. The zero-order valence-electron chi connectivity index (χ0n) is 18.4. The van der Waals surface area contributed by atoms with Gasteiger partial charge in [0.05, 0.1) is 13.2 Å². The zero-order valence-corrected chi connectivity index (χ0v) is 18.4. The molecule has 0 bridgehead atoms. The Balaban J connectivity index is 1.38. The van der Waals surface area contributed by atoms with Crippen LogP contribution in [0.4, 0.5) is 25.0 Å². The maximum atomic E-state index is 13.0. The molecule has 0 aliphatic carbocycles. The van der Waals surface area contributed by atoms with Crippen LogP contribution in [-0.4, -0.2) is 62.2 Å². The standard InChI is InChI=1S/C23H24F2N4O5/c1-23(15-2-8-18(9-3-15)34-21(24)25)20(31)29(22(32)27-23)14-19(30)26-16-4-6-17(7-5-16)28-10-12-33-13-11-28/h2-9,21H,10-14H2,1H3,(H,26,30)(H,27,32). The van der Waals surface area contributed by atoms with E-state index in [0.717, 1.165) is 23.7 Å². The predicted molar refractivity (Wildman–Crippen MR) is 119 cm³/mol. The highest BCUT2D eigenvalue weighted by Gasteiger charge is 2.49. The molecule has 2 aliphatic heterocycles. The van der Waals surface area contributed by atoms with E-state index in [1.807, 2.05) is 12.1 Å². The van der Waals surface area contributed by atoms with E-state index in [0.29, 0.717) is 24.5 Å². The third-order valence-corrected chi connectivity index (χ3v) is 5.76. The van der Waals surface area contributed by atoms with Crippen molar-refractivity contribution in [3.05, 3.63) is 54.1 Å². The number of amides is 4. The molecular weight excluding hydrogens is 450 g/mol. The van der Waals surface area contributed by atoms with Crippen molar-refractivity contribution in [2.45, 2.75) is 19.1 Å². The molecule has 2 aromatic rings. The summed E-state index contributed by atoms with van der Waals surface area (Å²) in [5, 5.41) is 5.26. The normalized spacial score (nSPS) is 20.5. The van der Waals surface area contributed by atoms with E-state index in [1.165, 1.54) is 31.2 Å². The topological polar surface area (TPSA) is 100 Å². The zero-order chi connectivity index (χ0) is 24.3. The largest absolute Gasteiger partial charge is 0.435 e. The molecule has 2 aliphatic rings. The summed E-state index contributed by atoms with van der Waals surface area (Å²) in [6, 6.07) is 11.9. The summed E-state index contributed by atoms with van der Waals surface area (Å²) in [4.78, 5) is 41.0. The molecule has 180 valence electrons. The van der Waals surface area contributed by atoms with Crippen LogP contribution < -0.4 is 20.3 Å². The van der Waals surface area contributed by atoms with Gasteiger partial charge in [-0.2, -0.15) is 8.78 Å². The van der Waals surface area contributed by atoms with Gasteiger partial charge in [-0.05, 0) is 48.9 Å². The molecule has 2 aromatic carbocycles. The second-order valence-corrected chi connectivity index (χ2v) is 8.04. The molecule has 11 heteroatoms. The van der Waals surface area contributed by atoms with E-state index in [9.17, 15) is 23.2 Å². The summed E-state index contributed by atoms with van der Waals surface area (Å²) < 4.78 is 34.4. The first kappa shape index (κ1) is 23.4. The monoisotopic (exact) mass is 474 g/mol. The number of imide groups is 1. The van der Waals surface area contributed by atoms with Crippen LogP contribution in [0, 0.1) is 0 Å². The Hall–Kier alpha value is -3.73. The minimum absolute atomic E-state index is 0.0741. The predicted octanol–water partition coefficient (Wildman–Crippen LogP) is 2.53. The van der Waals surface area contributed by atoms with Crippen molar-refractivity contribution in [1.29, 1.82) is 0 Å². The first-order chi connectivity index (χ1) is 16.3. The molecule has 4 rings (SSSR count). The number of anilines is 2. The van der Waals surface area contributed by atoms with Crippen molar-refractivity contribution < 1.29 is 32.6 Å². The molecule has 2 N–H and O–H groups in total. The van der Waals surface area contributed by atoms with Crippen LogP contribution >= 0.6 is 0 Å². The fourth-order valence-electron chi connectivity index (χ4n) is 3.93. The maximum Gasteiger partial charge on any atom is 0.387 e. The van der Waals surface area contributed by atoms with Crippen LogP contribution in [0.1, 0.15) is 12.5 Å². The van der Waals surface area contributed by atoms with Crippen LogP contribution in [0.15, 0.2) is 48.5 Å². The van der Waals surface area contributed by atoms with Gasteiger partial charge in [-0.1, -0.05) is 12.1 Å². The number of benzene rings is 2. The molecule has 34 heavy (non-hydrogen) atoms. The molecule has 0 radical (unpaired) electrons. The third kappa shape index (κ3) is 4.93. The molecule has 0 saturated carbocycles. The van der Waals surface area contributed by atoms with Gasteiger partial charge in [0, 0.05) is 24.5 Å². The van der Waals surface area contributed by atoms with Crippen molar-refractivity contribution in [3.8, 4) is 5.75 Å². The Labute approximate surface area is 194 Å². The van der Waals surface area contributed by atoms with Crippen LogP contribution in [0.5, 0.6) is 5.75 Å². The molecule has 0 spiro atoms. The second-order valence-electron chi connectivity index (χ2n) is 8.04. The molecule has 2 saturated heterocycles. The molecular formula is C23H24F2N4O5. The van der Waals surface area contributed by atoms with Gasteiger partial charge in [-0.15, -0.1) is 0 Å². The van der Waals surface area contributed by atoms with E-state index >= 15 is 0 Å². The molecule has 9 nitrogen and oxygen atoms in total. The van der Waals surface area contributed by atoms with Gasteiger partial charge in [0.15, 0.2) is 0 Å². The van der Waals surface area contributed by atoms with Crippen LogP contribution in [0.2, 0.25) is 0 Å². The molecule has 4 amide bonds. The van der Waals surface area contributed by atoms with E-state index in [-0.39, 0.29) is 5.75 Å². The number of rotatable bonds is 7. The van der Waals surface area contributed by atoms with Gasteiger partial charge in [0.1, 0.15) is 17.8 Å². The lowest BCUT2D eigenvalue weighted by Gasteiger charge is -2.28. The van der Waals surface area contributed by atoms with Crippen LogP contribution in [-0.2, 0) is 19.9 Å². The summed E-state index contributed by atoms with van der Waals surface area (Å²) in [5.74, 6) is -1.24. The molecule has 2 fully saturated rings. The third-order valence-electron chi connectivity index (χ3n) is 5.76. The van der Waals surface area contributed by atoms with Gasteiger partial charge < -0.3 is 25.0 Å². The van der Waals surface area contributed by atoms with Gasteiger partial charge in [-0.25, -0.2) is 4.79 Å². The first-order valence-electron chi connectivity index (χ1n) is 10.7. The first-order valence-corrected chi connectivity index (χ1v) is 10.7. The Morgan fingerprint density at radius 2 is 1.76 bits per heavy atom. The van der Waals surface area contributed by atoms with Crippen molar-refractivity contribution in [3.63, 3.8) is 0 Å². The highest BCUT2D eigenvalue weighted by Crippen LogP contribution is 2.30. The Bertz CT molecular complexity index is 1060. The Morgan fingerprint density at radius 3 is 2.38 bits per heavy atom. The molecule has 0 aromatic heterocycles. The van der Waals surface area contributed by atoms with E-state index in [1.54, 1.807) is 12.1 Å². The lowest BCUT2D eigenvalue weighted by molar-refractivity contribution is -0.133. The van der Waals surface area contributed by atoms with Crippen molar-refractivity contribution in [2.75, 3.05) is 43.1 Å². The molecule has 1 unspecified atom stereocenters. The van der Waals surface area contributed by atoms with E-state index in [4.69, 9.17) is 4.74 Å². The average Bonchev–Trinajstić information content (AvgIpc) is 3.04. The van der Waals surface area contributed by atoms with Crippen molar-refractivity contribution >= 4 is 29.2 Å². The van der Waals surface area contributed by atoms with E-state index in [2.05, 4.69) is 20.3 Å². The fraction of sp³-hybridized carbons (Fsp3) is 0.348. The summed E-state index contributed by atoms with van der Waals surface area (Å²) in [7, 11) is 0. The minimum Gasteiger partial charge on any atom is -0.435 e. The number of carbonyl (C=O) groups is 3. The lowest BCUT2D eigenvalue weighted by atomic mass is 9.92. The van der Waals surface area contributed by atoms with Gasteiger partial charge in [0.25, 0.3) is 5.91 Å². The number of morpholine rings is 1. The van der Waals surface area contributed by atoms with Crippen molar-refractivity contribution in [2.24, 2.45) is 0 Å². The minimum atomic E-state index is -2.97. The van der Waals surface area contributed by atoms with Crippen LogP contribution in [0.25, 0.3) is 0 Å². The summed E-state index contributed by atoms with van der Waals surface area (Å²) in [5.41, 5.74) is 0.470. The van der Waals surface area contributed by atoms with E-state index < -0.39 is 36.5 Å².